The Bertz CT molecular complexity index is 931. The molecular formula is C17H16N4O4. The summed E-state index contributed by atoms with van der Waals surface area (Å²) in [6.45, 7) is 4.03. The molecule has 8 heteroatoms. The highest BCUT2D eigenvalue weighted by atomic mass is 16.6. The summed E-state index contributed by atoms with van der Waals surface area (Å²) < 4.78 is 7.02. The first-order valence-corrected chi connectivity index (χ1v) is 7.69. The lowest BCUT2D eigenvalue weighted by Crippen LogP contribution is -2.07. The topological polar surface area (TPSA) is 100 Å². The molecule has 0 radical (unpaired) electrons. The van der Waals surface area contributed by atoms with Gasteiger partial charge in [0, 0.05) is 29.8 Å². The van der Waals surface area contributed by atoms with Crippen molar-refractivity contribution in [3.63, 3.8) is 0 Å². The first kappa shape index (κ1) is 16.6. The van der Waals surface area contributed by atoms with Gasteiger partial charge in [-0.15, -0.1) is 0 Å². The maximum Gasteiger partial charge on any atom is 0.340 e. The number of nitro benzene ring substituents is 1. The van der Waals surface area contributed by atoms with Crippen molar-refractivity contribution in [1.29, 1.82) is 0 Å². The Balaban J connectivity index is 1.70. The number of carbonyl (C=O) groups is 1. The molecule has 0 bridgehead atoms. The lowest BCUT2D eigenvalue weighted by atomic mass is 10.2. The van der Waals surface area contributed by atoms with Gasteiger partial charge in [0.15, 0.2) is 5.65 Å². The van der Waals surface area contributed by atoms with E-state index in [2.05, 4.69) is 10.1 Å². The van der Waals surface area contributed by atoms with Crippen molar-refractivity contribution >= 4 is 22.7 Å². The minimum atomic E-state index is -0.509. The van der Waals surface area contributed by atoms with Crippen molar-refractivity contribution in [3.05, 3.63) is 64.0 Å². The number of hydrogen-bond acceptors (Lipinski definition) is 6. The van der Waals surface area contributed by atoms with Crippen LogP contribution in [0.25, 0.3) is 11.0 Å². The smallest absolute Gasteiger partial charge is 0.340 e. The third kappa shape index (κ3) is 3.47. The summed E-state index contributed by atoms with van der Waals surface area (Å²) in [5.41, 5.74) is 1.70. The average molecular weight is 340 g/mol. The van der Waals surface area contributed by atoms with Gasteiger partial charge in [0.1, 0.15) is 6.61 Å². The second kappa shape index (κ2) is 6.68. The van der Waals surface area contributed by atoms with Gasteiger partial charge in [0.25, 0.3) is 5.69 Å². The van der Waals surface area contributed by atoms with Gasteiger partial charge in [-0.05, 0) is 37.6 Å². The van der Waals surface area contributed by atoms with Crippen LogP contribution in [0.15, 0.2) is 42.7 Å². The van der Waals surface area contributed by atoms with E-state index in [0.717, 1.165) is 5.39 Å². The third-order valence-corrected chi connectivity index (χ3v) is 3.68. The quantitative estimate of drug-likeness (QED) is 0.401. The third-order valence-electron chi connectivity index (χ3n) is 3.68. The van der Waals surface area contributed by atoms with E-state index in [-0.39, 0.29) is 18.3 Å². The monoisotopic (exact) mass is 340 g/mol. The maximum absolute atomic E-state index is 12.2. The number of fused-ring (bicyclic) bond motifs is 1. The van der Waals surface area contributed by atoms with E-state index in [9.17, 15) is 14.9 Å². The fourth-order valence-corrected chi connectivity index (χ4v) is 2.38. The minimum absolute atomic E-state index is 0.00751. The van der Waals surface area contributed by atoms with Gasteiger partial charge in [-0.2, -0.15) is 5.10 Å². The van der Waals surface area contributed by atoms with Crippen molar-refractivity contribution in [1.82, 2.24) is 14.8 Å². The Kier molecular flexibility index (Phi) is 4.42. The number of ether oxygens (including phenoxy) is 1. The molecule has 0 aliphatic heterocycles. The van der Waals surface area contributed by atoms with Gasteiger partial charge in [-0.1, -0.05) is 0 Å². The fourth-order valence-electron chi connectivity index (χ4n) is 2.38. The minimum Gasteiger partial charge on any atom is -0.457 e. The zero-order chi connectivity index (χ0) is 18.0. The van der Waals surface area contributed by atoms with Crippen molar-refractivity contribution in [2.75, 3.05) is 0 Å². The Labute approximate surface area is 143 Å². The first-order chi connectivity index (χ1) is 12.0. The highest BCUT2D eigenvalue weighted by molar-refractivity contribution is 5.92. The number of carbonyl (C=O) groups excluding carboxylic acids is 1. The van der Waals surface area contributed by atoms with E-state index in [1.54, 1.807) is 29.1 Å². The lowest BCUT2D eigenvalue weighted by Gasteiger charge is -2.07. The van der Waals surface area contributed by atoms with Crippen molar-refractivity contribution < 1.29 is 14.5 Å². The Hall–Kier alpha value is -3.29. The molecule has 0 aliphatic rings. The van der Waals surface area contributed by atoms with Crippen LogP contribution in [-0.2, 0) is 11.3 Å². The molecule has 0 N–H and O–H groups in total. The van der Waals surface area contributed by atoms with Crippen LogP contribution < -0.4 is 0 Å². The number of rotatable bonds is 5. The molecule has 2 aromatic heterocycles. The normalized spacial score (nSPS) is 11.0. The zero-order valence-corrected chi connectivity index (χ0v) is 13.7. The molecule has 0 spiro atoms. The molecule has 0 fully saturated rings. The van der Waals surface area contributed by atoms with Gasteiger partial charge in [0.05, 0.1) is 16.7 Å². The molecule has 8 nitrogen and oxygen atoms in total. The van der Waals surface area contributed by atoms with Gasteiger partial charge in [0.2, 0.25) is 0 Å². The summed E-state index contributed by atoms with van der Waals surface area (Å²) >= 11 is 0. The van der Waals surface area contributed by atoms with Crippen molar-refractivity contribution in [2.45, 2.75) is 26.5 Å². The predicted octanol–water partition coefficient (Wildman–Crippen LogP) is 3.28. The highest BCUT2D eigenvalue weighted by Gasteiger charge is 2.13. The summed E-state index contributed by atoms with van der Waals surface area (Å²) in [4.78, 5) is 26.6. The zero-order valence-electron chi connectivity index (χ0n) is 13.7. The van der Waals surface area contributed by atoms with Gasteiger partial charge < -0.3 is 4.74 Å². The summed E-state index contributed by atoms with van der Waals surface area (Å²) in [6.07, 6.45) is 3.12. The fraction of sp³-hybridized carbons (Fsp3) is 0.235. The Morgan fingerprint density at radius 3 is 2.64 bits per heavy atom. The lowest BCUT2D eigenvalue weighted by molar-refractivity contribution is -0.384. The van der Waals surface area contributed by atoms with Crippen molar-refractivity contribution in [2.24, 2.45) is 0 Å². The average Bonchev–Trinajstić information content (AvgIpc) is 3.03. The molecule has 128 valence electrons. The number of nitrogens with zero attached hydrogens (tertiary/aromatic N) is 4. The van der Waals surface area contributed by atoms with Crippen LogP contribution >= 0.6 is 0 Å². The predicted molar refractivity (Wildman–Crippen MR) is 90.1 cm³/mol. The van der Waals surface area contributed by atoms with E-state index in [0.29, 0.717) is 16.8 Å². The molecule has 0 aliphatic carbocycles. The van der Waals surface area contributed by atoms with Crippen LogP contribution in [0.3, 0.4) is 0 Å². The van der Waals surface area contributed by atoms with Gasteiger partial charge in [-0.3, -0.25) is 10.1 Å². The standard InChI is InChI=1S/C17H16N4O4/c1-11(2)20-16-13(9-19-20)7-14(8-18-16)17(22)25-10-12-3-5-15(6-4-12)21(23)24/h3-9,11H,10H2,1-2H3. The molecule has 25 heavy (non-hydrogen) atoms. The molecule has 3 rings (SSSR count). The molecule has 0 saturated carbocycles. The van der Waals surface area contributed by atoms with Gasteiger partial charge >= 0.3 is 5.97 Å². The van der Waals surface area contributed by atoms with E-state index >= 15 is 0 Å². The molecule has 3 aromatic rings. The summed E-state index contributed by atoms with van der Waals surface area (Å²) in [7, 11) is 0. The SMILES string of the molecule is CC(C)n1ncc2cc(C(=O)OCc3ccc([N+](=O)[O-])cc3)cnc21. The number of benzene rings is 1. The largest absolute Gasteiger partial charge is 0.457 e. The summed E-state index contributed by atoms with van der Waals surface area (Å²) in [6, 6.07) is 7.71. The van der Waals surface area contributed by atoms with Crippen LogP contribution in [0.4, 0.5) is 5.69 Å². The first-order valence-electron chi connectivity index (χ1n) is 7.69. The van der Waals surface area contributed by atoms with E-state index < -0.39 is 10.9 Å². The molecule has 0 atom stereocenters. The maximum atomic E-state index is 12.2. The summed E-state index contributed by atoms with van der Waals surface area (Å²) in [5.74, 6) is -0.509. The van der Waals surface area contributed by atoms with Gasteiger partial charge in [-0.25, -0.2) is 14.5 Å². The Morgan fingerprint density at radius 1 is 1.28 bits per heavy atom. The van der Waals surface area contributed by atoms with E-state index in [4.69, 9.17) is 4.74 Å². The second-order valence-electron chi connectivity index (χ2n) is 5.82. The molecule has 0 saturated heterocycles. The number of pyridine rings is 1. The molecule has 0 unspecified atom stereocenters. The van der Waals surface area contributed by atoms with E-state index in [1.165, 1.54) is 18.3 Å². The van der Waals surface area contributed by atoms with Crippen LogP contribution in [0.1, 0.15) is 35.8 Å². The number of nitro groups is 1. The van der Waals surface area contributed by atoms with Crippen LogP contribution in [-0.4, -0.2) is 25.7 Å². The number of aromatic nitrogens is 3. The second-order valence-corrected chi connectivity index (χ2v) is 5.82. The van der Waals surface area contributed by atoms with E-state index in [1.807, 2.05) is 13.8 Å². The molecular weight excluding hydrogens is 324 g/mol. The molecule has 1 aromatic carbocycles. The number of hydrogen-bond donors (Lipinski definition) is 0. The Morgan fingerprint density at radius 2 is 2.00 bits per heavy atom. The highest BCUT2D eigenvalue weighted by Crippen LogP contribution is 2.18. The molecule has 2 heterocycles. The van der Waals surface area contributed by atoms with Crippen LogP contribution in [0, 0.1) is 10.1 Å². The number of esters is 1. The number of non-ortho nitro benzene ring substituents is 1. The summed E-state index contributed by atoms with van der Waals surface area (Å²) in [5, 5.41) is 15.6. The van der Waals surface area contributed by atoms with Crippen LogP contribution in [0.2, 0.25) is 0 Å². The molecule has 0 amide bonds. The van der Waals surface area contributed by atoms with Crippen LogP contribution in [0.5, 0.6) is 0 Å². The van der Waals surface area contributed by atoms with Crippen molar-refractivity contribution in [3.8, 4) is 0 Å².